The molecule has 2 nitrogen and oxygen atoms in total. The quantitative estimate of drug-likeness (QED) is 0.412. The summed E-state index contributed by atoms with van der Waals surface area (Å²) in [5, 5.41) is 0. The summed E-state index contributed by atoms with van der Waals surface area (Å²) < 4.78 is 0. The fourth-order valence-corrected chi connectivity index (χ4v) is 4.80. The standard InChI is InChI=1S/C15H25N2P/c1-13(2)18(14(3)4)11-7-9-16-12-15-8-5-6-10-17-15/h5-6,8,10,12-14H,7,9,11H2,1-4H3. The van der Waals surface area contributed by atoms with Crippen LogP contribution >= 0.6 is 7.92 Å². The second-order valence-electron chi connectivity index (χ2n) is 5.07. The van der Waals surface area contributed by atoms with Crippen molar-refractivity contribution < 1.29 is 0 Å². The maximum absolute atomic E-state index is 4.46. The Morgan fingerprint density at radius 2 is 1.94 bits per heavy atom. The largest absolute Gasteiger partial charge is 0.291 e. The number of hydrogen-bond acceptors (Lipinski definition) is 2. The number of pyridine rings is 1. The lowest BCUT2D eigenvalue weighted by Crippen LogP contribution is -2.07. The highest BCUT2D eigenvalue weighted by molar-refractivity contribution is 7.59. The molecule has 0 fully saturated rings. The molecule has 0 saturated carbocycles. The Bertz CT molecular complexity index is 339. The van der Waals surface area contributed by atoms with Crippen LogP contribution in [0.2, 0.25) is 0 Å². The van der Waals surface area contributed by atoms with Crippen LogP contribution in [0.15, 0.2) is 29.4 Å². The van der Waals surface area contributed by atoms with Crippen LogP contribution in [0.25, 0.3) is 0 Å². The van der Waals surface area contributed by atoms with Gasteiger partial charge in [0.1, 0.15) is 0 Å². The smallest absolute Gasteiger partial charge is 0.0807 e. The Kier molecular flexibility index (Phi) is 7.12. The van der Waals surface area contributed by atoms with Crippen LogP contribution in [0.5, 0.6) is 0 Å². The van der Waals surface area contributed by atoms with Crippen molar-refractivity contribution in [3.63, 3.8) is 0 Å². The lowest BCUT2D eigenvalue weighted by Gasteiger charge is -2.25. The first-order valence-corrected chi connectivity index (χ1v) is 8.44. The first-order chi connectivity index (χ1) is 8.61. The summed E-state index contributed by atoms with van der Waals surface area (Å²) in [7, 11) is 0.161. The molecular weight excluding hydrogens is 239 g/mol. The van der Waals surface area contributed by atoms with Gasteiger partial charge in [-0.15, -0.1) is 7.92 Å². The molecule has 0 bridgehead atoms. The second-order valence-corrected chi connectivity index (χ2v) is 8.61. The summed E-state index contributed by atoms with van der Waals surface area (Å²) in [5.41, 5.74) is 2.62. The van der Waals surface area contributed by atoms with E-state index in [1.165, 1.54) is 12.6 Å². The minimum Gasteiger partial charge on any atom is -0.291 e. The zero-order valence-electron chi connectivity index (χ0n) is 12.0. The van der Waals surface area contributed by atoms with Gasteiger partial charge in [0.15, 0.2) is 0 Å². The topological polar surface area (TPSA) is 25.2 Å². The van der Waals surface area contributed by atoms with Crippen molar-refractivity contribution in [3.8, 4) is 0 Å². The number of nitrogens with zero attached hydrogens (tertiary/aromatic N) is 2. The molecule has 0 saturated heterocycles. The van der Waals surface area contributed by atoms with E-state index in [0.29, 0.717) is 0 Å². The van der Waals surface area contributed by atoms with Crippen LogP contribution in [0.1, 0.15) is 39.8 Å². The van der Waals surface area contributed by atoms with E-state index in [9.17, 15) is 0 Å². The lowest BCUT2D eigenvalue weighted by atomic mass is 10.4. The Labute approximate surface area is 113 Å². The van der Waals surface area contributed by atoms with Crippen molar-refractivity contribution in [1.29, 1.82) is 0 Å². The summed E-state index contributed by atoms with van der Waals surface area (Å²) in [5.74, 6) is 0. The highest BCUT2D eigenvalue weighted by Gasteiger charge is 2.15. The van der Waals surface area contributed by atoms with E-state index in [2.05, 4.69) is 37.7 Å². The van der Waals surface area contributed by atoms with Gasteiger partial charge in [0.05, 0.1) is 5.69 Å². The van der Waals surface area contributed by atoms with E-state index >= 15 is 0 Å². The summed E-state index contributed by atoms with van der Waals surface area (Å²) in [4.78, 5) is 8.68. The van der Waals surface area contributed by atoms with Crippen LogP contribution in [0.3, 0.4) is 0 Å². The van der Waals surface area contributed by atoms with Gasteiger partial charge in [0, 0.05) is 19.0 Å². The highest BCUT2D eigenvalue weighted by Crippen LogP contribution is 2.46. The molecule has 0 aromatic carbocycles. The van der Waals surface area contributed by atoms with E-state index in [4.69, 9.17) is 0 Å². The first kappa shape index (κ1) is 15.3. The molecule has 18 heavy (non-hydrogen) atoms. The molecule has 3 heteroatoms. The van der Waals surface area contributed by atoms with Crippen molar-refractivity contribution in [2.75, 3.05) is 12.7 Å². The fourth-order valence-electron chi connectivity index (χ4n) is 2.07. The Hall–Kier alpha value is -0.750. The lowest BCUT2D eigenvalue weighted by molar-refractivity contribution is 0.911. The molecular formula is C15H25N2P. The number of rotatable bonds is 7. The molecule has 1 heterocycles. The zero-order valence-corrected chi connectivity index (χ0v) is 12.9. The predicted octanol–water partition coefficient (Wildman–Crippen LogP) is 4.19. The maximum Gasteiger partial charge on any atom is 0.0807 e. The second kappa shape index (κ2) is 8.37. The zero-order chi connectivity index (χ0) is 13.4. The van der Waals surface area contributed by atoms with Crippen molar-refractivity contribution >= 4 is 14.1 Å². The van der Waals surface area contributed by atoms with E-state index in [1.807, 2.05) is 24.4 Å². The molecule has 0 aliphatic heterocycles. The van der Waals surface area contributed by atoms with E-state index in [1.54, 1.807) is 6.20 Å². The summed E-state index contributed by atoms with van der Waals surface area (Å²) in [6.07, 6.45) is 6.22. The highest BCUT2D eigenvalue weighted by atomic mass is 31.1. The van der Waals surface area contributed by atoms with Gasteiger partial charge in [-0.1, -0.05) is 33.8 Å². The van der Waals surface area contributed by atoms with Gasteiger partial charge in [-0.3, -0.25) is 9.98 Å². The number of aliphatic imine (C=N–C) groups is 1. The minimum absolute atomic E-state index is 0.161. The first-order valence-electron chi connectivity index (χ1n) is 6.78. The minimum atomic E-state index is 0.161. The fraction of sp³-hybridized carbons (Fsp3) is 0.600. The third kappa shape index (κ3) is 5.73. The van der Waals surface area contributed by atoms with E-state index < -0.39 is 0 Å². The van der Waals surface area contributed by atoms with Crippen molar-refractivity contribution in [1.82, 2.24) is 4.98 Å². The molecule has 0 atom stereocenters. The monoisotopic (exact) mass is 264 g/mol. The molecule has 1 aromatic heterocycles. The van der Waals surface area contributed by atoms with Gasteiger partial charge >= 0.3 is 0 Å². The van der Waals surface area contributed by atoms with Crippen LogP contribution in [0.4, 0.5) is 0 Å². The predicted molar refractivity (Wildman–Crippen MR) is 83.4 cm³/mol. The molecule has 0 amide bonds. The van der Waals surface area contributed by atoms with Gasteiger partial charge in [0.2, 0.25) is 0 Å². The number of aromatic nitrogens is 1. The third-order valence-electron chi connectivity index (χ3n) is 2.94. The maximum atomic E-state index is 4.46. The molecule has 0 spiro atoms. The average Bonchev–Trinajstić information content (AvgIpc) is 2.34. The van der Waals surface area contributed by atoms with Crippen LogP contribution in [0, 0.1) is 0 Å². The molecule has 0 aliphatic rings. The van der Waals surface area contributed by atoms with Crippen LogP contribution in [-0.2, 0) is 0 Å². The normalized spacial score (nSPS) is 12.2. The van der Waals surface area contributed by atoms with Gasteiger partial charge in [-0.25, -0.2) is 0 Å². The molecule has 1 rings (SSSR count). The van der Waals surface area contributed by atoms with Crippen molar-refractivity contribution in [3.05, 3.63) is 30.1 Å². The van der Waals surface area contributed by atoms with Crippen LogP contribution < -0.4 is 0 Å². The van der Waals surface area contributed by atoms with Gasteiger partial charge in [-0.2, -0.15) is 0 Å². The van der Waals surface area contributed by atoms with Gasteiger partial charge in [0.25, 0.3) is 0 Å². The van der Waals surface area contributed by atoms with Crippen LogP contribution in [-0.4, -0.2) is 35.2 Å². The summed E-state index contributed by atoms with van der Waals surface area (Å²) in [6, 6.07) is 5.90. The summed E-state index contributed by atoms with van der Waals surface area (Å²) in [6.45, 7) is 10.3. The van der Waals surface area contributed by atoms with Crippen molar-refractivity contribution in [2.45, 2.75) is 45.4 Å². The van der Waals surface area contributed by atoms with Gasteiger partial charge < -0.3 is 0 Å². The molecule has 100 valence electrons. The van der Waals surface area contributed by atoms with E-state index in [-0.39, 0.29) is 7.92 Å². The van der Waals surface area contributed by atoms with E-state index in [0.717, 1.165) is 23.6 Å². The SMILES string of the molecule is CC(C)P(CCCN=Cc1ccccn1)C(C)C. The Balaban J connectivity index is 2.28. The van der Waals surface area contributed by atoms with Crippen molar-refractivity contribution in [2.24, 2.45) is 4.99 Å². The molecule has 1 aromatic rings. The molecule has 0 radical (unpaired) electrons. The Morgan fingerprint density at radius 1 is 1.22 bits per heavy atom. The average molecular weight is 264 g/mol. The Morgan fingerprint density at radius 3 is 2.50 bits per heavy atom. The van der Waals surface area contributed by atoms with Gasteiger partial charge in [-0.05, 0) is 36.0 Å². The summed E-state index contributed by atoms with van der Waals surface area (Å²) >= 11 is 0. The number of hydrogen-bond donors (Lipinski definition) is 0. The third-order valence-corrected chi connectivity index (χ3v) is 6.43. The molecule has 0 aliphatic carbocycles. The molecule has 0 unspecified atom stereocenters. The molecule has 0 N–H and O–H groups in total.